The summed E-state index contributed by atoms with van der Waals surface area (Å²) in [4.78, 5) is 3.96. The van der Waals surface area contributed by atoms with Crippen LogP contribution in [0.2, 0.25) is 0 Å². The third-order valence-corrected chi connectivity index (χ3v) is 1.95. The highest BCUT2D eigenvalue weighted by Gasteiger charge is 2.04. The summed E-state index contributed by atoms with van der Waals surface area (Å²) in [6.07, 6.45) is 0. The molecule has 0 aliphatic rings. The van der Waals surface area contributed by atoms with Crippen LogP contribution in [0.15, 0.2) is 11.1 Å². The molecule has 1 aromatic rings. The molecular weight excluding hydrogens is 198 g/mol. The predicted octanol–water partition coefficient (Wildman–Crippen LogP) is 0.167. The van der Waals surface area contributed by atoms with E-state index in [1.165, 1.54) is 0 Å². The Hall–Kier alpha value is -1.43. The van der Waals surface area contributed by atoms with E-state index in [1.807, 2.05) is 19.9 Å². The summed E-state index contributed by atoms with van der Waals surface area (Å²) in [5.41, 5.74) is 7.54. The number of aromatic nitrogens is 2. The highest BCUT2D eigenvalue weighted by Crippen LogP contribution is 2.00. The maximum absolute atomic E-state index is 5.71. The zero-order chi connectivity index (χ0) is 10.7. The number of nitrogens with zero attached hydrogens (tertiary/aromatic N) is 3. The molecule has 0 atom stereocenters. The van der Waals surface area contributed by atoms with Crippen molar-refractivity contribution >= 4 is 23.3 Å². The molecule has 0 saturated heterocycles. The van der Waals surface area contributed by atoms with Crippen molar-refractivity contribution in [1.29, 1.82) is 0 Å². The maximum atomic E-state index is 5.71. The summed E-state index contributed by atoms with van der Waals surface area (Å²) in [6, 6.07) is 1.92. The number of rotatable bonds is 0. The van der Waals surface area contributed by atoms with Crippen LogP contribution in [0, 0.1) is 13.8 Å². The van der Waals surface area contributed by atoms with Crippen LogP contribution in [0.3, 0.4) is 0 Å². The van der Waals surface area contributed by atoms with E-state index in [2.05, 4.69) is 15.4 Å². The van der Waals surface area contributed by atoms with E-state index in [-0.39, 0.29) is 5.96 Å². The molecule has 1 rings (SSSR count). The van der Waals surface area contributed by atoms with Crippen LogP contribution in [0.5, 0.6) is 0 Å². The van der Waals surface area contributed by atoms with E-state index in [0.717, 1.165) is 11.4 Å². The van der Waals surface area contributed by atoms with Crippen LogP contribution < -0.4 is 11.1 Å². The topological polar surface area (TPSA) is 68.2 Å². The average molecular weight is 211 g/mol. The second-order valence-electron chi connectivity index (χ2n) is 2.86. The molecule has 0 radical (unpaired) electrons. The van der Waals surface area contributed by atoms with Gasteiger partial charge in [-0.3, -0.25) is 0 Å². The Morgan fingerprint density at radius 2 is 2.29 bits per heavy atom. The van der Waals surface area contributed by atoms with E-state index >= 15 is 0 Å². The fourth-order valence-corrected chi connectivity index (χ4v) is 1.16. The normalized spacial score (nSPS) is 11.5. The van der Waals surface area contributed by atoms with Gasteiger partial charge in [0.15, 0.2) is 5.11 Å². The molecular formula is C8H13N5S. The highest BCUT2D eigenvalue weighted by atomic mass is 32.1. The number of nitrogens with one attached hydrogen (secondary N) is 1. The minimum absolute atomic E-state index is 0.273. The standard InChI is InChI=1S/C8H13N5S/c1-5-4-6(2)13(12-5)7(9)11-8(14)10-3/h4H,1-3H3,(H3,9,10,11,14). The Labute approximate surface area is 88.0 Å². The van der Waals surface area contributed by atoms with Crippen molar-refractivity contribution in [3.05, 3.63) is 17.5 Å². The summed E-state index contributed by atoms with van der Waals surface area (Å²) >= 11 is 4.86. The first kappa shape index (κ1) is 10.6. The van der Waals surface area contributed by atoms with E-state index in [1.54, 1.807) is 11.7 Å². The number of aryl methyl sites for hydroxylation is 2. The quantitative estimate of drug-likeness (QED) is 0.364. The van der Waals surface area contributed by atoms with Crippen LogP contribution in [-0.4, -0.2) is 27.9 Å². The lowest BCUT2D eigenvalue weighted by Crippen LogP contribution is -2.28. The first-order valence-corrected chi connectivity index (χ1v) is 4.55. The summed E-state index contributed by atoms with van der Waals surface area (Å²) in [5.74, 6) is 0.273. The molecule has 0 spiro atoms. The Morgan fingerprint density at radius 3 is 2.71 bits per heavy atom. The van der Waals surface area contributed by atoms with Crippen molar-refractivity contribution < 1.29 is 0 Å². The molecule has 0 saturated carbocycles. The number of thiocarbonyl (C=S) groups is 1. The Morgan fingerprint density at radius 1 is 1.64 bits per heavy atom. The van der Waals surface area contributed by atoms with Crippen molar-refractivity contribution in [3.63, 3.8) is 0 Å². The average Bonchev–Trinajstić information content (AvgIpc) is 2.45. The second-order valence-corrected chi connectivity index (χ2v) is 3.25. The van der Waals surface area contributed by atoms with Crippen LogP contribution >= 0.6 is 12.2 Å². The molecule has 0 aromatic carbocycles. The third kappa shape index (κ3) is 2.29. The van der Waals surface area contributed by atoms with Crippen molar-refractivity contribution in [2.75, 3.05) is 7.05 Å². The minimum atomic E-state index is 0.273. The summed E-state index contributed by atoms with van der Waals surface area (Å²) < 4.78 is 1.55. The first-order valence-electron chi connectivity index (χ1n) is 4.14. The van der Waals surface area contributed by atoms with Crippen LogP contribution in [0.1, 0.15) is 11.4 Å². The largest absolute Gasteiger partial charge is 0.368 e. The summed E-state index contributed by atoms with van der Waals surface area (Å²) in [5, 5.41) is 7.23. The van der Waals surface area contributed by atoms with Gasteiger partial charge in [-0.05, 0) is 32.1 Å². The molecule has 5 nitrogen and oxygen atoms in total. The summed E-state index contributed by atoms with van der Waals surface area (Å²) in [7, 11) is 1.69. The smallest absolute Gasteiger partial charge is 0.224 e. The molecule has 0 unspecified atom stereocenters. The molecule has 76 valence electrons. The molecule has 0 aliphatic heterocycles. The van der Waals surface area contributed by atoms with E-state index in [9.17, 15) is 0 Å². The molecule has 1 heterocycles. The van der Waals surface area contributed by atoms with Crippen molar-refractivity contribution in [1.82, 2.24) is 15.1 Å². The van der Waals surface area contributed by atoms with Gasteiger partial charge in [0.2, 0.25) is 5.96 Å². The van der Waals surface area contributed by atoms with Gasteiger partial charge < -0.3 is 11.1 Å². The van der Waals surface area contributed by atoms with E-state index < -0.39 is 0 Å². The molecule has 0 amide bonds. The van der Waals surface area contributed by atoms with Gasteiger partial charge in [-0.1, -0.05) is 0 Å². The highest BCUT2D eigenvalue weighted by molar-refractivity contribution is 7.80. The molecule has 0 bridgehead atoms. The van der Waals surface area contributed by atoms with Gasteiger partial charge in [0.1, 0.15) is 0 Å². The Balaban J connectivity index is 2.99. The minimum Gasteiger partial charge on any atom is -0.368 e. The molecule has 3 N–H and O–H groups in total. The molecule has 0 fully saturated rings. The number of nitrogens with two attached hydrogens (primary N) is 1. The van der Waals surface area contributed by atoms with Crippen molar-refractivity contribution in [2.24, 2.45) is 10.7 Å². The first-order chi connectivity index (χ1) is 6.54. The zero-order valence-corrected chi connectivity index (χ0v) is 9.22. The lowest BCUT2D eigenvalue weighted by atomic mass is 10.4. The van der Waals surface area contributed by atoms with Crippen LogP contribution in [0.4, 0.5) is 0 Å². The fraction of sp³-hybridized carbons (Fsp3) is 0.375. The zero-order valence-electron chi connectivity index (χ0n) is 8.40. The van der Waals surface area contributed by atoms with Crippen molar-refractivity contribution in [2.45, 2.75) is 13.8 Å². The lowest BCUT2D eigenvalue weighted by Gasteiger charge is -2.02. The Kier molecular flexibility index (Phi) is 3.19. The van der Waals surface area contributed by atoms with Gasteiger partial charge >= 0.3 is 0 Å². The van der Waals surface area contributed by atoms with E-state index in [0.29, 0.717) is 5.11 Å². The fourth-order valence-electron chi connectivity index (χ4n) is 1.07. The van der Waals surface area contributed by atoms with Gasteiger partial charge in [-0.25, -0.2) is 4.68 Å². The van der Waals surface area contributed by atoms with Crippen LogP contribution in [0.25, 0.3) is 0 Å². The molecule has 1 aromatic heterocycles. The third-order valence-electron chi connectivity index (χ3n) is 1.66. The predicted molar refractivity (Wildman–Crippen MR) is 60.4 cm³/mol. The van der Waals surface area contributed by atoms with E-state index in [4.69, 9.17) is 18.0 Å². The van der Waals surface area contributed by atoms with Gasteiger partial charge in [0, 0.05) is 12.7 Å². The van der Waals surface area contributed by atoms with Gasteiger partial charge in [0.25, 0.3) is 0 Å². The van der Waals surface area contributed by atoms with Gasteiger partial charge in [-0.15, -0.1) is 0 Å². The van der Waals surface area contributed by atoms with Crippen LogP contribution in [-0.2, 0) is 0 Å². The SMILES string of the molecule is CNC(=S)/N=C(\N)n1nc(C)cc1C. The van der Waals surface area contributed by atoms with Gasteiger partial charge in [-0.2, -0.15) is 10.1 Å². The summed E-state index contributed by atoms with van der Waals surface area (Å²) in [6.45, 7) is 3.80. The molecule has 6 heteroatoms. The maximum Gasteiger partial charge on any atom is 0.224 e. The molecule has 14 heavy (non-hydrogen) atoms. The Bertz CT molecular complexity index is 379. The number of hydrogen-bond donors (Lipinski definition) is 2. The number of aliphatic imine (C=N–C) groups is 1. The van der Waals surface area contributed by atoms with Gasteiger partial charge in [0.05, 0.1) is 5.69 Å². The number of hydrogen-bond acceptors (Lipinski definition) is 2. The lowest BCUT2D eigenvalue weighted by molar-refractivity contribution is 0.870. The molecule has 0 aliphatic carbocycles. The second kappa shape index (κ2) is 4.19. The van der Waals surface area contributed by atoms with Crippen molar-refractivity contribution in [3.8, 4) is 0 Å². The monoisotopic (exact) mass is 211 g/mol.